The smallest absolute Gasteiger partial charge is 0 e. The number of halogens is 1. The van der Waals surface area contributed by atoms with Crippen LogP contribution >= 0.6 is 0 Å². The van der Waals surface area contributed by atoms with Gasteiger partial charge in [-0.3, -0.25) is 4.70 Å². The molecule has 0 saturated heterocycles. The second kappa shape index (κ2) is 36.8. The van der Waals surface area contributed by atoms with E-state index < -0.39 is 0 Å². The van der Waals surface area contributed by atoms with Crippen molar-refractivity contribution in [2.24, 2.45) is 0 Å². The third-order valence-corrected chi connectivity index (χ3v) is 0. The molecular formula is H9FGeOPbW. The minimum atomic E-state index is 0. The van der Waals surface area contributed by atoms with Crippen LogP contribution in [0.5, 0.6) is 0 Å². The Bertz CT molecular complexity index is 11.6. The van der Waals surface area contributed by atoms with Crippen LogP contribution in [0.1, 0.15) is 0 Å². The molecule has 5 heteroatoms. The molecule has 0 saturated carbocycles. The molecule has 0 atom stereocenters. The summed E-state index contributed by atoms with van der Waals surface area (Å²) < 4.78 is 0. The Labute approximate surface area is 75.3 Å². The summed E-state index contributed by atoms with van der Waals surface area (Å²) >= 11 is 0. The van der Waals surface area contributed by atoms with Crippen LogP contribution in [0, 0.1) is 0 Å². The second-order valence-corrected chi connectivity index (χ2v) is 0. The molecule has 0 aromatic carbocycles. The van der Waals surface area contributed by atoms with E-state index in [9.17, 15) is 0 Å². The molecule has 0 unspecified atom stereocenters. The van der Waals surface area contributed by atoms with E-state index in [4.69, 9.17) is 0 Å². The zero-order chi connectivity index (χ0) is 0. The third-order valence-electron chi connectivity index (χ3n) is 0. The van der Waals surface area contributed by atoms with Crippen molar-refractivity contribution < 1.29 is 31.2 Å². The van der Waals surface area contributed by atoms with Gasteiger partial charge in [0.2, 0.25) is 0 Å². The topological polar surface area (TPSA) is 31.5 Å². The normalized spacial score (nSPS) is 0. The zero-order valence-electron chi connectivity index (χ0n) is 2.02. The standard InChI is InChI=1S/FH.GeH4.H2O.Pb.W.2H/h1H;1H4;1H2;;;;. The van der Waals surface area contributed by atoms with Crippen molar-refractivity contribution in [1.82, 2.24) is 0 Å². The summed E-state index contributed by atoms with van der Waals surface area (Å²) in [5.74, 6) is 0. The summed E-state index contributed by atoms with van der Waals surface area (Å²) in [6, 6.07) is 0. The third kappa shape index (κ3) is 23.7. The maximum absolute atomic E-state index is 0. The van der Waals surface area contributed by atoms with Gasteiger partial charge in [-0.2, -0.15) is 0 Å². The van der Waals surface area contributed by atoms with E-state index in [0.29, 0.717) is 0 Å². The fourth-order valence-corrected chi connectivity index (χ4v) is 0. The first-order valence-corrected chi connectivity index (χ1v) is 0. The van der Waals surface area contributed by atoms with E-state index in [0.717, 1.165) is 0 Å². The van der Waals surface area contributed by atoms with Gasteiger partial charge in [-0.25, -0.2) is 0 Å². The van der Waals surface area contributed by atoms with Crippen LogP contribution in [-0.4, -0.2) is 50.4 Å². The number of hydrogen-bond donors (Lipinski definition) is 0. The molecule has 0 rings (SSSR count). The summed E-state index contributed by atoms with van der Waals surface area (Å²) in [4.78, 5) is 0. The van der Waals surface area contributed by atoms with Crippen molar-refractivity contribution >= 4 is 44.9 Å². The van der Waals surface area contributed by atoms with Crippen molar-refractivity contribution in [3.63, 3.8) is 0 Å². The van der Waals surface area contributed by atoms with Crippen molar-refractivity contribution in [3.05, 3.63) is 0 Å². The Morgan fingerprint density at radius 2 is 1.00 bits per heavy atom. The Kier molecular flexibility index (Phi) is 454. The quantitative estimate of drug-likeness (QED) is 0.313. The van der Waals surface area contributed by atoms with Crippen molar-refractivity contribution in [2.45, 2.75) is 0 Å². The molecule has 0 aromatic heterocycles. The van der Waals surface area contributed by atoms with Gasteiger partial charge >= 0.3 is 44.9 Å². The molecule has 0 amide bonds. The van der Waals surface area contributed by atoms with Crippen molar-refractivity contribution in [2.75, 3.05) is 0 Å². The van der Waals surface area contributed by atoms with Gasteiger partial charge in [0.1, 0.15) is 0 Å². The van der Waals surface area contributed by atoms with Crippen LogP contribution in [0.4, 0.5) is 4.70 Å². The predicted octanol–water partition coefficient (Wildman–Crippen LogP) is -3.04. The average Bonchev–Trinajstić information content (AvgIpc) is 0. The van der Waals surface area contributed by atoms with E-state index in [1.165, 1.54) is 0 Å². The molecule has 0 aliphatic heterocycles. The van der Waals surface area contributed by atoms with Gasteiger partial charge in [-0.05, 0) is 0 Å². The van der Waals surface area contributed by atoms with Gasteiger partial charge in [-0.15, -0.1) is 0 Å². The predicted molar refractivity (Wildman–Crippen MR) is 26.0 cm³/mol. The van der Waals surface area contributed by atoms with E-state index in [2.05, 4.69) is 0 Å². The van der Waals surface area contributed by atoms with Crippen LogP contribution in [0.3, 0.4) is 0 Å². The molecule has 0 spiro atoms. The summed E-state index contributed by atoms with van der Waals surface area (Å²) in [6.45, 7) is 0. The molecular weight excluding hydrogens is 499 g/mol. The summed E-state index contributed by atoms with van der Waals surface area (Å²) in [6.07, 6.45) is 0. The second-order valence-electron chi connectivity index (χ2n) is 0. The van der Waals surface area contributed by atoms with Gasteiger partial charge < -0.3 is 5.48 Å². The first kappa shape index (κ1) is 61.6. The molecule has 0 fully saturated rings. The monoisotopic (exact) mass is 510 g/mol. The molecule has 0 aliphatic rings. The minimum Gasteiger partial charge on any atom is 0 e. The van der Waals surface area contributed by atoms with Gasteiger partial charge in [-0.1, -0.05) is 0 Å². The van der Waals surface area contributed by atoms with E-state index in [-0.39, 0.29) is 76.1 Å². The summed E-state index contributed by atoms with van der Waals surface area (Å²) in [5, 5.41) is 0. The molecule has 1 nitrogen and oxygen atoms in total. The van der Waals surface area contributed by atoms with Gasteiger partial charge in [0.25, 0.3) is 0 Å². The largest absolute Gasteiger partial charge is 0 e. The summed E-state index contributed by atoms with van der Waals surface area (Å²) in [7, 11) is 0. The average molecular weight is 508 g/mol. The first-order chi connectivity index (χ1) is 0. The van der Waals surface area contributed by atoms with Crippen LogP contribution in [0.25, 0.3) is 0 Å². The maximum atomic E-state index is 0. The van der Waals surface area contributed by atoms with Crippen molar-refractivity contribution in [3.8, 4) is 0 Å². The minimum absolute atomic E-state index is 0. The SMILES string of the molecule is F.O.[GeH4].[PbH2].[W]. The summed E-state index contributed by atoms with van der Waals surface area (Å²) in [5.41, 5.74) is 0. The van der Waals surface area contributed by atoms with Crippen LogP contribution in [-0.2, 0) is 21.1 Å². The van der Waals surface area contributed by atoms with Crippen LogP contribution in [0.2, 0.25) is 0 Å². The fourth-order valence-electron chi connectivity index (χ4n) is 0. The number of hydrogen-bond acceptors (Lipinski definition) is 0. The van der Waals surface area contributed by atoms with Crippen LogP contribution < -0.4 is 0 Å². The first-order valence-electron chi connectivity index (χ1n) is 0. The molecule has 2 radical (unpaired) electrons. The molecule has 0 heterocycles. The molecule has 5 heavy (non-hydrogen) atoms. The van der Waals surface area contributed by atoms with Crippen LogP contribution in [0.15, 0.2) is 0 Å². The van der Waals surface area contributed by atoms with E-state index >= 15 is 0 Å². The number of rotatable bonds is 0. The zero-order valence-corrected chi connectivity index (χ0v) is 10.5. The van der Waals surface area contributed by atoms with Crippen molar-refractivity contribution in [1.29, 1.82) is 0 Å². The Morgan fingerprint density at radius 1 is 1.00 bits per heavy atom. The molecule has 36 valence electrons. The Balaban J connectivity index is 0. The molecule has 2 N–H and O–H groups in total. The van der Waals surface area contributed by atoms with Gasteiger partial charge in [0.15, 0.2) is 0 Å². The maximum Gasteiger partial charge on any atom is 0 e. The van der Waals surface area contributed by atoms with Gasteiger partial charge in [0.05, 0.1) is 0 Å². The Morgan fingerprint density at radius 3 is 1.00 bits per heavy atom. The fraction of sp³-hybridized carbons (Fsp3) is 0. The van der Waals surface area contributed by atoms with Gasteiger partial charge in [0, 0.05) is 21.1 Å². The van der Waals surface area contributed by atoms with E-state index in [1.807, 2.05) is 0 Å². The molecule has 0 aliphatic carbocycles. The molecule has 0 aromatic rings. The molecule has 0 bridgehead atoms. The Hall–Kier alpha value is 2.04. The van der Waals surface area contributed by atoms with E-state index in [1.54, 1.807) is 0 Å².